The van der Waals surface area contributed by atoms with Crippen molar-refractivity contribution in [3.63, 3.8) is 0 Å². The number of benzene rings is 1. The van der Waals surface area contributed by atoms with Crippen LogP contribution in [0, 0.1) is 18.8 Å². The predicted octanol–water partition coefficient (Wildman–Crippen LogP) is 4.19. The number of hydrogen-bond donors (Lipinski definition) is 2. The van der Waals surface area contributed by atoms with Crippen LogP contribution in [0.15, 0.2) is 42.6 Å². The highest BCUT2D eigenvalue weighted by Gasteiger charge is 2.28. The second-order valence-corrected chi connectivity index (χ2v) is 9.50. The minimum absolute atomic E-state index is 0.00264. The Morgan fingerprint density at radius 1 is 1.09 bits per heavy atom. The molecule has 0 aliphatic carbocycles. The number of likely N-dealkylation sites (tertiary alicyclic amines) is 1. The Labute approximate surface area is 196 Å². The van der Waals surface area contributed by atoms with Crippen LogP contribution in [0.5, 0.6) is 0 Å². The molecule has 0 spiro atoms. The summed E-state index contributed by atoms with van der Waals surface area (Å²) in [6, 6.07) is 11.7. The van der Waals surface area contributed by atoms with Crippen molar-refractivity contribution < 1.29 is 9.59 Å². The molecule has 3 heterocycles. The second kappa shape index (κ2) is 10.7. The molecule has 4 rings (SSSR count). The van der Waals surface area contributed by atoms with Gasteiger partial charge in [-0.25, -0.2) is 9.78 Å². The maximum atomic E-state index is 12.8. The number of rotatable bonds is 5. The van der Waals surface area contributed by atoms with Gasteiger partial charge in [-0.2, -0.15) is 0 Å². The lowest BCUT2D eigenvalue weighted by atomic mass is 9.97. The number of piperidine rings is 2. The molecule has 3 amide bonds. The highest BCUT2D eigenvalue weighted by atomic mass is 16.2. The molecule has 1 atom stereocenters. The molecule has 176 valence electrons. The van der Waals surface area contributed by atoms with Gasteiger partial charge in [0, 0.05) is 44.6 Å². The fourth-order valence-electron chi connectivity index (χ4n) is 4.58. The van der Waals surface area contributed by atoms with E-state index in [-0.39, 0.29) is 17.9 Å². The molecule has 0 bridgehead atoms. The molecule has 1 unspecified atom stereocenters. The SMILES string of the molecule is Cc1cccc(NC(=O)N2CCCC(C(=O)NCc3ccc(N4CCC(C)CC4)nc3)C2)c1. The first-order chi connectivity index (χ1) is 16.0. The fourth-order valence-corrected chi connectivity index (χ4v) is 4.58. The molecular formula is C26H35N5O2. The van der Waals surface area contributed by atoms with Crippen LogP contribution in [0.25, 0.3) is 0 Å². The van der Waals surface area contributed by atoms with E-state index in [0.29, 0.717) is 19.6 Å². The van der Waals surface area contributed by atoms with Gasteiger partial charge >= 0.3 is 6.03 Å². The number of amides is 3. The summed E-state index contributed by atoms with van der Waals surface area (Å²) in [6.45, 7) is 7.97. The summed E-state index contributed by atoms with van der Waals surface area (Å²) in [6.07, 6.45) is 5.90. The van der Waals surface area contributed by atoms with Crippen LogP contribution in [-0.4, -0.2) is 48.0 Å². The predicted molar refractivity (Wildman–Crippen MR) is 131 cm³/mol. The Morgan fingerprint density at radius 3 is 2.64 bits per heavy atom. The number of hydrogen-bond acceptors (Lipinski definition) is 4. The Hall–Kier alpha value is -3.09. The lowest BCUT2D eigenvalue weighted by Crippen LogP contribution is -2.46. The third kappa shape index (κ3) is 6.24. The Bertz CT molecular complexity index is 953. The van der Waals surface area contributed by atoms with Gasteiger partial charge in [-0.3, -0.25) is 4.79 Å². The Morgan fingerprint density at radius 2 is 1.91 bits per heavy atom. The van der Waals surface area contributed by atoms with Crippen LogP contribution >= 0.6 is 0 Å². The molecule has 2 aromatic rings. The minimum atomic E-state index is -0.190. The number of nitrogens with one attached hydrogen (secondary N) is 2. The third-order valence-electron chi connectivity index (χ3n) is 6.73. The van der Waals surface area contributed by atoms with Crippen LogP contribution < -0.4 is 15.5 Å². The number of urea groups is 1. The zero-order chi connectivity index (χ0) is 23.2. The summed E-state index contributed by atoms with van der Waals surface area (Å²) in [5.41, 5.74) is 2.86. The van der Waals surface area contributed by atoms with Crippen LogP contribution in [0.3, 0.4) is 0 Å². The first-order valence-electron chi connectivity index (χ1n) is 12.1. The molecule has 2 aliphatic heterocycles. The van der Waals surface area contributed by atoms with E-state index >= 15 is 0 Å². The molecule has 1 aromatic carbocycles. The molecule has 0 radical (unpaired) electrons. The molecule has 2 N–H and O–H groups in total. The normalized spacial score (nSPS) is 19.3. The number of aryl methyl sites for hydroxylation is 1. The summed E-state index contributed by atoms with van der Waals surface area (Å²) in [5.74, 6) is 1.61. The van der Waals surface area contributed by atoms with E-state index in [1.807, 2.05) is 43.5 Å². The zero-order valence-electron chi connectivity index (χ0n) is 19.7. The van der Waals surface area contributed by atoms with E-state index in [4.69, 9.17) is 0 Å². The Kier molecular flexibility index (Phi) is 7.47. The van der Waals surface area contributed by atoms with Crippen molar-refractivity contribution in [1.82, 2.24) is 15.2 Å². The van der Waals surface area contributed by atoms with Crippen LogP contribution in [-0.2, 0) is 11.3 Å². The third-order valence-corrected chi connectivity index (χ3v) is 6.73. The van der Waals surface area contributed by atoms with E-state index in [9.17, 15) is 9.59 Å². The maximum Gasteiger partial charge on any atom is 0.321 e. The van der Waals surface area contributed by atoms with Gasteiger partial charge in [-0.15, -0.1) is 0 Å². The van der Waals surface area contributed by atoms with E-state index < -0.39 is 0 Å². The summed E-state index contributed by atoms with van der Waals surface area (Å²) in [7, 11) is 0. The van der Waals surface area contributed by atoms with Gasteiger partial charge in [0.15, 0.2) is 0 Å². The van der Waals surface area contributed by atoms with Crippen molar-refractivity contribution in [3.8, 4) is 0 Å². The van der Waals surface area contributed by atoms with Crippen molar-refractivity contribution >= 4 is 23.4 Å². The molecule has 2 aliphatic rings. The largest absolute Gasteiger partial charge is 0.357 e. The lowest BCUT2D eigenvalue weighted by Gasteiger charge is -2.32. The van der Waals surface area contributed by atoms with Gasteiger partial charge in [0.1, 0.15) is 5.82 Å². The number of nitrogens with zero attached hydrogens (tertiary/aromatic N) is 3. The lowest BCUT2D eigenvalue weighted by molar-refractivity contribution is -0.126. The van der Waals surface area contributed by atoms with Crippen molar-refractivity contribution in [2.75, 3.05) is 36.4 Å². The highest BCUT2D eigenvalue weighted by molar-refractivity contribution is 5.90. The van der Waals surface area contributed by atoms with Gasteiger partial charge < -0.3 is 20.4 Å². The standard InChI is InChI=1S/C26H35N5O2/c1-19-10-13-30(14-11-19)24-9-8-21(16-27-24)17-28-25(32)22-6-4-12-31(18-22)26(33)29-23-7-3-5-20(2)15-23/h3,5,7-9,15-16,19,22H,4,6,10-14,17-18H2,1-2H3,(H,28,32)(H,29,33). The highest BCUT2D eigenvalue weighted by Crippen LogP contribution is 2.22. The maximum absolute atomic E-state index is 12.8. The second-order valence-electron chi connectivity index (χ2n) is 9.50. The minimum Gasteiger partial charge on any atom is -0.357 e. The topological polar surface area (TPSA) is 77.6 Å². The number of aromatic nitrogens is 1. The van der Waals surface area contributed by atoms with Crippen molar-refractivity contribution in [2.24, 2.45) is 11.8 Å². The zero-order valence-corrected chi connectivity index (χ0v) is 19.7. The number of carbonyl (C=O) groups is 2. The average Bonchev–Trinajstić information content (AvgIpc) is 2.83. The quantitative estimate of drug-likeness (QED) is 0.718. The van der Waals surface area contributed by atoms with E-state index in [1.54, 1.807) is 4.90 Å². The van der Waals surface area contributed by atoms with Crippen LogP contribution in [0.1, 0.15) is 43.7 Å². The summed E-state index contributed by atoms with van der Waals surface area (Å²) in [5, 5.41) is 5.99. The van der Waals surface area contributed by atoms with Crippen molar-refractivity contribution in [2.45, 2.75) is 46.1 Å². The monoisotopic (exact) mass is 449 g/mol. The van der Waals surface area contributed by atoms with Crippen molar-refractivity contribution in [3.05, 3.63) is 53.7 Å². The molecule has 2 fully saturated rings. The van der Waals surface area contributed by atoms with Gasteiger partial charge in [0.2, 0.25) is 5.91 Å². The van der Waals surface area contributed by atoms with Gasteiger partial charge in [-0.05, 0) is 67.9 Å². The molecule has 7 nitrogen and oxygen atoms in total. The first kappa shape index (κ1) is 23.1. The summed E-state index contributed by atoms with van der Waals surface area (Å²) < 4.78 is 0. The first-order valence-corrected chi connectivity index (χ1v) is 12.1. The number of carbonyl (C=O) groups excluding carboxylic acids is 2. The molecular weight excluding hydrogens is 414 g/mol. The average molecular weight is 450 g/mol. The van der Waals surface area contributed by atoms with Crippen LogP contribution in [0.2, 0.25) is 0 Å². The van der Waals surface area contributed by atoms with Gasteiger partial charge in [0.25, 0.3) is 0 Å². The molecule has 33 heavy (non-hydrogen) atoms. The van der Waals surface area contributed by atoms with Gasteiger partial charge in [-0.1, -0.05) is 25.1 Å². The van der Waals surface area contributed by atoms with E-state index in [1.165, 1.54) is 12.8 Å². The molecule has 1 aromatic heterocycles. The fraction of sp³-hybridized carbons (Fsp3) is 0.500. The summed E-state index contributed by atoms with van der Waals surface area (Å²) in [4.78, 5) is 34.2. The van der Waals surface area contributed by atoms with E-state index in [2.05, 4.69) is 33.5 Å². The van der Waals surface area contributed by atoms with E-state index in [0.717, 1.165) is 54.5 Å². The Balaban J connectivity index is 1.25. The van der Waals surface area contributed by atoms with Crippen molar-refractivity contribution in [1.29, 1.82) is 0 Å². The molecule has 7 heteroatoms. The smallest absolute Gasteiger partial charge is 0.321 e. The number of anilines is 2. The molecule has 2 saturated heterocycles. The summed E-state index contributed by atoms with van der Waals surface area (Å²) >= 11 is 0. The number of pyridine rings is 1. The van der Waals surface area contributed by atoms with Crippen LogP contribution in [0.4, 0.5) is 16.3 Å². The molecule has 0 saturated carbocycles. The van der Waals surface area contributed by atoms with Gasteiger partial charge in [0.05, 0.1) is 5.92 Å².